The number of unbranched alkanes of at least 4 members (excludes halogenated alkanes) is 1. The van der Waals surface area contributed by atoms with Crippen LogP contribution in [0.4, 0.5) is 0 Å². The van der Waals surface area contributed by atoms with Gasteiger partial charge in [0.15, 0.2) is 0 Å². The molecule has 20 heavy (non-hydrogen) atoms. The van der Waals surface area contributed by atoms with Crippen LogP contribution in [0.1, 0.15) is 25.7 Å². The Kier molecular flexibility index (Phi) is 6.40. The Balaban J connectivity index is 1.53. The van der Waals surface area contributed by atoms with Crippen LogP contribution in [0, 0.1) is 5.92 Å². The number of thioether (sulfide) groups is 1. The molecule has 1 aromatic carbocycles. The van der Waals surface area contributed by atoms with Gasteiger partial charge in [0, 0.05) is 4.90 Å². The summed E-state index contributed by atoms with van der Waals surface area (Å²) in [6, 6.07) is 10.5. The van der Waals surface area contributed by atoms with Crippen molar-refractivity contribution in [2.75, 3.05) is 25.4 Å². The number of piperidine rings is 1. The second-order valence-corrected chi connectivity index (χ2v) is 6.49. The molecule has 110 valence electrons. The Morgan fingerprint density at radius 1 is 1.20 bits per heavy atom. The number of benzene rings is 1. The summed E-state index contributed by atoms with van der Waals surface area (Å²) < 4.78 is 0. The number of carboxylic acid groups (broad SMARTS) is 1. The minimum absolute atomic E-state index is 0.111. The second kappa shape index (κ2) is 8.32. The van der Waals surface area contributed by atoms with Crippen LogP contribution in [-0.2, 0) is 4.79 Å². The lowest BCUT2D eigenvalue weighted by Crippen LogP contribution is -2.36. The smallest absolute Gasteiger partial charge is 0.306 e. The molecule has 0 spiro atoms. The first kappa shape index (κ1) is 15.4. The Morgan fingerprint density at radius 3 is 2.55 bits per heavy atom. The molecule has 3 nitrogen and oxygen atoms in total. The van der Waals surface area contributed by atoms with Gasteiger partial charge in [-0.3, -0.25) is 4.79 Å². The minimum Gasteiger partial charge on any atom is -0.481 e. The van der Waals surface area contributed by atoms with Crippen LogP contribution in [0.5, 0.6) is 0 Å². The number of likely N-dealkylation sites (tertiary alicyclic amines) is 1. The molecule has 1 aliphatic rings. The fourth-order valence-electron chi connectivity index (χ4n) is 2.55. The monoisotopic (exact) mass is 293 g/mol. The second-order valence-electron chi connectivity index (χ2n) is 5.32. The van der Waals surface area contributed by atoms with E-state index in [1.165, 1.54) is 17.7 Å². The summed E-state index contributed by atoms with van der Waals surface area (Å²) in [5.41, 5.74) is 0. The molecule has 0 saturated carbocycles. The van der Waals surface area contributed by atoms with Crippen molar-refractivity contribution in [3.8, 4) is 0 Å². The highest BCUT2D eigenvalue weighted by atomic mass is 32.2. The molecule has 1 N–H and O–H groups in total. The maximum atomic E-state index is 10.9. The maximum Gasteiger partial charge on any atom is 0.306 e. The van der Waals surface area contributed by atoms with E-state index in [-0.39, 0.29) is 5.92 Å². The third kappa shape index (κ3) is 5.17. The molecule has 1 heterocycles. The van der Waals surface area contributed by atoms with Gasteiger partial charge in [0.25, 0.3) is 0 Å². The Labute approximate surface area is 125 Å². The number of nitrogens with zero attached hydrogens (tertiary/aromatic N) is 1. The maximum absolute atomic E-state index is 10.9. The molecule has 0 radical (unpaired) electrons. The fourth-order valence-corrected chi connectivity index (χ4v) is 3.48. The van der Waals surface area contributed by atoms with Crippen molar-refractivity contribution in [3.05, 3.63) is 30.3 Å². The van der Waals surface area contributed by atoms with Crippen LogP contribution >= 0.6 is 11.8 Å². The molecular weight excluding hydrogens is 270 g/mol. The SMILES string of the molecule is O=C(O)C1CCN(CCCCSc2ccccc2)CC1. The third-order valence-corrected chi connectivity index (χ3v) is 4.92. The Morgan fingerprint density at radius 2 is 1.90 bits per heavy atom. The van der Waals surface area contributed by atoms with Crippen LogP contribution < -0.4 is 0 Å². The Hall–Kier alpha value is -1.00. The molecule has 1 fully saturated rings. The van der Waals surface area contributed by atoms with Crippen LogP contribution in [-0.4, -0.2) is 41.4 Å². The number of carbonyl (C=O) groups is 1. The zero-order valence-electron chi connectivity index (χ0n) is 11.8. The van der Waals surface area contributed by atoms with Gasteiger partial charge in [-0.15, -0.1) is 11.8 Å². The fraction of sp³-hybridized carbons (Fsp3) is 0.562. The van der Waals surface area contributed by atoms with Crippen LogP contribution in [0.15, 0.2) is 35.2 Å². The van der Waals surface area contributed by atoms with Gasteiger partial charge in [-0.2, -0.15) is 0 Å². The summed E-state index contributed by atoms with van der Waals surface area (Å²) in [5, 5.41) is 8.96. The van der Waals surface area contributed by atoms with E-state index in [0.29, 0.717) is 0 Å². The molecular formula is C16H23NO2S. The van der Waals surface area contributed by atoms with E-state index in [0.717, 1.165) is 38.2 Å². The van der Waals surface area contributed by atoms with E-state index in [1.54, 1.807) is 0 Å². The van der Waals surface area contributed by atoms with Gasteiger partial charge in [0.2, 0.25) is 0 Å². The molecule has 1 aromatic rings. The van der Waals surface area contributed by atoms with Crippen LogP contribution in [0.3, 0.4) is 0 Å². The highest BCUT2D eigenvalue weighted by molar-refractivity contribution is 7.99. The van der Waals surface area contributed by atoms with Gasteiger partial charge in [0.1, 0.15) is 0 Å². The molecule has 2 rings (SSSR count). The topological polar surface area (TPSA) is 40.5 Å². The number of hydrogen-bond acceptors (Lipinski definition) is 3. The summed E-state index contributed by atoms with van der Waals surface area (Å²) >= 11 is 1.92. The van der Waals surface area contributed by atoms with Crippen molar-refractivity contribution in [1.82, 2.24) is 4.90 Å². The number of hydrogen-bond donors (Lipinski definition) is 1. The molecule has 1 aliphatic heterocycles. The quantitative estimate of drug-likeness (QED) is 0.618. The molecule has 1 saturated heterocycles. The molecule has 4 heteroatoms. The van der Waals surface area contributed by atoms with Gasteiger partial charge in [0.05, 0.1) is 5.92 Å². The average Bonchev–Trinajstić information content (AvgIpc) is 2.48. The summed E-state index contributed by atoms with van der Waals surface area (Å²) in [6.07, 6.45) is 4.05. The predicted molar refractivity (Wildman–Crippen MR) is 83.2 cm³/mol. The van der Waals surface area contributed by atoms with Gasteiger partial charge >= 0.3 is 5.97 Å². The third-order valence-electron chi connectivity index (χ3n) is 3.82. The molecule has 0 aromatic heterocycles. The highest BCUT2D eigenvalue weighted by Gasteiger charge is 2.23. The van der Waals surface area contributed by atoms with Crippen molar-refractivity contribution in [1.29, 1.82) is 0 Å². The summed E-state index contributed by atoms with van der Waals surface area (Å²) in [6.45, 7) is 3.01. The standard InChI is InChI=1S/C16H23NO2S/c18-16(19)14-8-11-17(12-9-14)10-4-5-13-20-15-6-2-1-3-7-15/h1-3,6-7,14H,4-5,8-13H2,(H,18,19). The van der Waals surface area contributed by atoms with E-state index in [9.17, 15) is 4.79 Å². The number of rotatable bonds is 7. The van der Waals surface area contributed by atoms with Gasteiger partial charge < -0.3 is 10.0 Å². The lowest BCUT2D eigenvalue weighted by molar-refractivity contribution is -0.143. The summed E-state index contributed by atoms with van der Waals surface area (Å²) in [5.74, 6) is 0.430. The van der Waals surface area contributed by atoms with Gasteiger partial charge in [-0.1, -0.05) is 18.2 Å². The van der Waals surface area contributed by atoms with Crippen molar-refractivity contribution in [3.63, 3.8) is 0 Å². The molecule has 0 atom stereocenters. The van der Waals surface area contributed by atoms with Crippen molar-refractivity contribution < 1.29 is 9.90 Å². The first-order valence-corrected chi connectivity index (χ1v) is 8.37. The summed E-state index contributed by atoms with van der Waals surface area (Å²) in [7, 11) is 0. The normalized spacial score (nSPS) is 17.2. The highest BCUT2D eigenvalue weighted by Crippen LogP contribution is 2.20. The van der Waals surface area contributed by atoms with E-state index in [2.05, 4.69) is 29.2 Å². The largest absolute Gasteiger partial charge is 0.481 e. The van der Waals surface area contributed by atoms with E-state index in [1.807, 2.05) is 17.8 Å². The van der Waals surface area contributed by atoms with Crippen LogP contribution in [0.2, 0.25) is 0 Å². The average molecular weight is 293 g/mol. The predicted octanol–water partition coefficient (Wildman–Crippen LogP) is 3.36. The van der Waals surface area contributed by atoms with Crippen LogP contribution in [0.25, 0.3) is 0 Å². The van der Waals surface area contributed by atoms with E-state index in [4.69, 9.17) is 5.11 Å². The zero-order valence-corrected chi connectivity index (χ0v) is 12.6. The molecule has 0 unspecified atom stereocenters. The lowest BCUT2D eigenvalue weighted by atomic mass is 9.97. The van der Waals surface area contributed by atoms with E-state index >= 15 is 0 Å². The first-order valence-electron chi connectivity index (χ1n) is 7.39. The number of aliphatic carboxylic acids is 1. The van der Waals surface area contributed by atoms with Gasteiger partial charge in [-0.05, 0) is 63.2 Å². The zero-order chi connectivity index (χ0) is 14.2. The van der Waals surface area contributed by atoms with Crippen molar-refractivity contribution >= 4 is 17.7 Å². The van der Waals surface area contributed by atoms with Gasteiger partial charge in [-0.25, -0.2) is 0 Å². The molecule has 0 amide bonds. The lowest BCUT2D eigenvalue weighted by Gasteiger charge is -2.29. The first-order chi connectivity index (χ1) is 9.75. The molecule has 0 aliphatic carbocycles. The van der Waals surface area contributed by atoms with E-state index < -0.39 is 5.97 Å². The Bertz CT molecular complexity index is 402. The summed E-state index contributed by atoms with van der Waals surface area (Å²) in [4.78, 5) is 14.6. The minimum atomic E-state index is -0.621. The van der Waals surface area contributed by atoms with Crippen molar-refractivity contribution in [2.24, 2.45) is 5.92 Å². The van der Waals surface area contributed by atoms with Crippen molar-refractivity contribution in [2.45, 2.75) is 30.6 Å². The number of carboxylic acids is 1. The molecule has 0 bridgehead atoms.